The van der Waals surface area contributed by atoms with Gasteiger partial charge >= 0.3 is 0 Å². The summed E-state index contributed by atoms with van der Waals surface area (Å²) in [5.41, 5.74) is 11.1. The summed E-state index contributed by atoms with van der Waals surface area (Å²) in [6.07, 6.45) is 0. The van der Waals surface area contributed by atoms with Gasteiger partial charge in [-0.3, -0.25) is 4.68 Å². The summed E-state index contributed by atoms with van der Waals surface area (Å²) >= 11 is 0. The van der Waals surface area contributed by atoms with Crippen molar-refractivity contribution < 1.29 is 0 Å². The van der Waals surface area contributed by atoms with E-state index in [1.54, 1.807) is 0 Å². The number of fused-ring (bicyclic) bond motifs is 1. The van der Waals surface area contributed by atoms with E-state index in [1.165, 1.54) is 0 Å². The van der Waals surface area contributed by atoms with Crippen LogP contribution in [-0.2, 0) is 7.05 Å². The van der Waals surface area contributed by atoms with Crippen LogP contribution in [0.4, 0.5) is 0 Å². The number of H-pyrrole nitrogens is 1. The third-order valence-corrected chi connectivity index (χ3v) is 4.32. The molecule has 0 aliphatic rings. The van der Waals surface area contributed by atoms with E-state index in [1.807, 2.05) is 54.2 Å². The Morgan fingerprint density at radius 3 is 2.58 bits per heavy atom. The highest BCUT2D eigenvalue weighted by molar-refractivity contribution is 5.75. The molecule has 4 rings (SSSR count). The van der Waals surface area contributed by atoms with Crippen molar-refractivity contribution >= 4 is 11.0 Å². The van der Waals surface area contributed by atoms with Gasteiger partial charge in [-0.25, -0.2) is 4.98 Å². The van der Waals surface area contributed by atoms with Gasteiger partial charge in [0.2, 0.25) is 0 Å². The van der Waals surface area contributed by atoms with E-state index in [2.05, 4.69) is 28.3 Å². The van der Waals surface area contributed by atoms with Crippen molar-refractivity contribution in [1.29, 1.82) is 0 Å². The van der Waals surface area contributed by atoms with Crippen LogP contribution in [0, 0.1) is 0 Å². The Hall–Kier alpha value is -2.92. The highest BCUT2D eigenvalue weighted by Crippen LogP contribution is 2.27. The number of imidazole rings is 1. The Morgan fingerprint density at radius 1 is 1.08 bits per heavy atom. The molecule has 0 radical (unpaired) electrons. The van der Waals surface area contributed by atoms with Gasteiger partial charge < -0.3 is 10.7 Å². The van der Waals surface area contributed by atoms with E-state index in [-0.39, 0.29) is 5.92 Å². The predicted octanol–water partition coefficient (Wildman–Crippen LogP) is 3.05. The van der Waals surface area contributed by atoms with Crippen LogP contribution in [0.2, 0.25) is 0 Å². The molecule has 1 atom stereocenters. The minimum absolute atomic E-state index is 0.0210. The molecule has 2 aromatic carbocycles. The van der Waals surface area contributed by atoms with Crippen molar-refractivity contribution in [3.63, 3.8) is 0 Å². The zero-order chi connectivity index (χ0) is 16.5. The number of nitrogens with zero attached hydrogens (tertiary/aromatic N) is 3. The van der Waals surface area contributed by atoms with Crippen LogP contribution in [0.25, 0.3) is 22.3 Å². The van der Waals surface area contributed by atoms with Crippen molar-refractivity contribution in [3.8, 4) is 11.3 Å². The largest absolute Gasteiger partial charge is 0.341 e. The number of aryl methyl sites for hydroxylation is 1. The summed E-state index contributed by atoms with van der Waals surface area (Å²) in [4.78, 5) is 8.10. The quantitative estimate of drug-likeness (QED) is 0.607. The summed E-state index contributed by atoms with van der Waals surface area (Å²) in [6, 6.07) is 20.3. The van der Waals surface area contributed by atoms with Crippen molar-refractivity contribution in [2.75, 3.05) is 6.54 Å². The molecule has 4 aromatic rings. The van der Waals surface area contributed by atoms with Crippen LogP contribution in [-0.4, -0.2) is 26.3 Å². The van der Waals surface area contributed by atoms with Crippen LogP contribution in [0.3, 0.4) is 0 Å². The van der Waals surface area contributed by atoms with Gasteiger partial charge in [0.1, 0.15) is 5.82 Å². The zero-order valence-corrected chi connectivity index (χ0v) is 13.5. The lowest BCUT2D eigenvalue weighted by Crippen LogP contribution is -2.18. The molecule has 5 heteroatoms. The predicted molar refractivity (Wildman–Crippen MR) is 95.6 cm³/mol. The van der Waals surface area contributed by atoms with Crippen LogP contribution in [0.15, 0.2) is 60.7 Å². The average molecular weight is 317 g/mol. The van der Waals surface area contributed by atoms with Crippen molar-refractivity contribution in [2.24, 2.45) is 12.8 Å². The Balaban J connectivity index is 1.77. The molecule has 24 heavy (non-hydrogen) atoms. The minimum Gasteiger partial charge on any atom is -0.341 e. The number of nitrogens with two attached hydrogens (primary N) is 1. The smallest absolute Gasteiger partial charge is 0.117 e. The Bertz CT molecular complexity index is 935. The zero-order valence-electron chi connectivity index (χ0n) is 13.5. The molecule has 5 nitrogen and oxygen atoms in total. The molecule has 0 aliphatic carbocycles. The highest BCUT2D eigenvalue weighted by atomic mass is 15.3. The second-order valence-corrected chi connectivity index (χ2v) is 5.87. The van der Waals surface area contributed by atoms with Crippen LogP contribution >= 0.6 is 0 Å². The van der Waals surface area contributed by atoms with E-state index < -0.39 is 0 Å². The lowest BCUT2D eigenvalue weighted by molar-refractivity contribution is 0.647. The van der Waals surface area contributed by atoms with Crippen molar-refractivity contribution in [2.45, 2.75) is 5.92 Å². The first kappa shape index (κ1) is 14.7. The van der Waals surface area contributed by atoms with Crippen molar-refractivity contribution in [3.05, 3.63) is 72.2 Å². The fourth-order valence-electron chi connectivity index (χ4n) is 3.07. The highest BCUT2D eigenvalue weighted by Gasteiger charge is 2.21. The van der Waals surface area contributed by atoms with E-state index >= 15 is 0 Å². The van der Waals surface area contributed by atoms with E-state index in [9.17, 15) is 0 Å². The van der Waals surface area contributed by atoms with Gasteiger partial charge in [-0.2, -0.15) is 5.10 Å². The summed E-state index contributed by atoms with van der Waals surface area (Å²) < 4.78 is 1.90. The molecule has 3 N–H and O–H groups in total. The van der Waals surface area contributed by atoms with E-state index in [0.29, 0.717) is 6.54 Å². The topological polar surface area (TPSA) is 72.5 Å². The minimum atomic E-state index is -0.0210. The summed E-state index contributed by atoms with van der Waals surface area (Å²) in [7, 11) is 1.95. The first-order chi connectivity index (χ1) is 11.8. The molecule has 120 valence electrons. The molecule has 0 saturated carbocycles. The van der Waals surface area contributed by atoms with Gasteiger partial charge in [-0.1, -0.05) is 42.5 Å². The molecule has 0 amide bonds. The fourth-order valence-corrected chi connectivity index (χ4v) is 3.07. The monoisotopic (exact) mass is 317 g/mol. The Morgan fingerprint density at radius 2 is 1.83 bits per heavy atom. The molecular formula is C19H19N5. The summed E-state index contributed by atoms with van der Waals surface area (Å²) in [5, 5.41) is 4.65. The second-order valence-electron chi connectivity index (χ2n) is 5.87. The molecule has 0 bridgehead atoms. The number of aromatic nitrogens is 4. The maximum Gasteiger partial charge on any atom is 0.117 e. The van der Waals surface area contributed by atoms with Gasteiger partial charge in [0.05, 0.1) is 28.3 Å². The van der Waals surface area contributed by atoms with Gasteiger partial charge in [0.15, 0.2) is 0 Å². The average Bonchev–Trinajstić information content (AvgIpc) is 3.21. The number of benzene rings is 2. The lowest BCUT2D eigenvalue weighted by atomic mass is 10.0. The number of para-hydroxylation sites is 2. The normalized spacial score (nSPS) is 12.6. The van der Waals surface area contributed by atoms with E-state index in [0.717, 1.165) is 33.8 Å². The lowest BCUT2D eigenvalue weighted by Gasteiger charge is -2.12. The Labute approximate surface area is 140 Å². The molecule has 2 aromatic heterocycles. The molecule has 0 spiro atoms. The standard InChI is InChI=1S/C19H19N5/c1-24-18(11-17(23-24)13-7-3-2-4-8-13)14(12-20)19-21-15-9-5-6-10-16(15)22-19/h2-11,14H,12,20H2,1H3,(H,21,22). The third kappa shape index (κ3) is 2.49. The SMILES string of the molecule is Cn1nc(-c2ccccc2)cc1C(CN)c1nc2ccccc2[nH]1. The maximum atomic E-state index is 6.07. The number of aromatic amines is 1. The number of nitrogens with one attached hydrogen (secondary N) is 1. The van der Waals surface area contributed by atoms with Crippen LogP contribution in [0.5, 0.6) is 0 Å². The molecule has 0 saturated heterocycles. The van der Waals surface area contributed by atoms with Gasteiger partial charge in [-0.15, -0.1) is 0 Å². The van der Waals surface area contributed by atoms with Gasteiger partial charge in [0.25, 0.3) is 0 Å². The molecule has 0 aliphatic heterocycles. The first-order valence-corrected chi connectivity index (χ1v) is 8.00. The van der Waals surface area contributed by atoms with Crippen LogP contribution in [0.1, 0.15) is 17.4 Å². The summed E-state index contributed by atoms with van der Waals surface area (Å²) in [5.74, 6) is 0.855. The molecule has 2 heterocycles. The number of rotatable bonds is 4. The second kappa shape index (κ2) is 5.94. The molecular weight excluding hydrogens is 298 g/mol. The number of hydrogen-bond acceptors (Lipinski definition) is 3. The van der Waals surface area contributed by atoms with Gasteiger partial charge in [-0.05, 0) is 18.2 Å². The third-order valence-electron chi connectivity index (χ3n) is 4.32. The fraction of sp³-hybridized carbons (Fsp3) is 0.158. The van der Waals surface area contributed by atoms with Crippen LogP contribution < -0.4 is 5.73 Å². The number of hydrogen-bond donors (Lipinski definition) is 2. The van der Waals surface area contributed by atoms with Crippen molar-refractivity contribution in [1.82, 2.24) is 19.7 Å². The maximum absolute atomic E-state index is 6.07. The van der Waals surface area contributed by atoms with Gasteiger partial charge in [0, 0.05) is 19.2 Å². The summed E-state index contributed by atoms with van der Waals surface area (Å²) in [6.45, 7) is 0.466. The molecule has 1 unspecified atom stereocenters. The molecule has 0 fully saturated rings. The first-order valence-electron chi connectivity index (χ1n) is 8.00. The Kier molecular flexibility index (Phi) is 3.63. The van der Waals surface area contributed by atoms with E-state index in [4.69, 9.17) is 10.7 Å².